The number of carbonyl (C=O) groups is 3. The minimum absolute atomic E-state index is 0.331. The van der Waals surface area contributed by atoms with Gasteiger partial charge in [-0.1, -0.05) is 110 Å². The van der Waals surface area contributed by atoms with Gasteiger partial charge < -0.3 is 9.84 Å². The van der Waals surface area contributed by atoms with E-state index in [0.29, 0.717) is 6.42 Å². The van der Waals surface area contributed by atoms with Crippen LogP contribution in [0.15, 0.2) is 25.3 Å². The second-order valence-electron chi connectivity index (χ2n) is 7.24. The van der Waals surface area contributed by atoms with Crippen molar-refractivity contribution in [2.75, 3.05) is 0 Å². The normalized spacial score (nSPS) is 9.83. The molecule has 5 heteroatoms. The van der Waals surface area contributed by atoms with Crippen molar-refractivity contribution in [2.45, 2.75) is 110 Å². The molecule has 0 rings (SSSR count). The first-order valence-electron chi connectivity index (χ1n) is 11.2. The lowest BCUT2D eigenvalue weighted by Crippen LogP contribution is -2.09. The quantitative estimate of drug-likeness (QED) is 0.117. The molecule has 0 fully saturated rings. The molecule has 5 nitrogen and oxygen atoms in total. The molecule has 0 bridgehead atoms. The molecule has 168 valence electrons. The molecular weight excluding hydrogens is 368 g/mol. The van der Waals surface area contributed by atoms with E-state index in [0.717, 1.165) is 25.0 Å². The fraction of sp³-hybridized carbons (Fsp3) is 0.708. The number of ether oxygens (including phenoxy) is 1. The summed E-state index contributed by atoms with van der Waals surface area (Å²) in [6, 6.07) is 0. The van der Waals surface area contributed by atoms with Crippen molar-refractivity contribution in [3.05, 3.63) is 25.3 Å². The van der Waals surface area contributed by atoms with Crippen molar-refractivity contribution in [2.24, 2.45) is 0 Å². The molecule has 1 N–H and O–H groups in total. The van der Waals surface area contributed by atoms with Crippen LogP contribution in [0.1, 0.15) is 110 Å². The van der Waals surface area contributed by atoms with Gasteiger partial charge in [0.1, 0.15) is 0 Å². The number of hydrogen-bond donors (Lipinski definition) is 1. The summed E-state index contributed by atoms with van der Waals surface area (Å²) in [5.74, 6) is -2.07. The number of rotatable bonds is 18. The molecule has 0 aromatic carbocycles. The van der Waals surface area contributed by atoms with E-state index in [1.165, 1.54) is 83.5 Å². The molecule has 0 aromatic rings. The maximum Gasteiger partial charge on any atom is 0.337 e. The SMILES string of the molecule is C=CC(=O)O.C=CC(=O)OC(=O)CCCCCCCCCCCCCCCCC. The third-order valence-electron chi connectivity index (χ3n) is 4.54. The van der Waals surface area contributed by atoms with Gasteiger partial charge in [-0.3, -0.25) is 4.79 Å². The molecule has 0 saturated heterocycles. The minimum atomic E-state index is -0.981. The van der Waals surface area contributed by atoms with Crippen LogP contribution in [0.4, 0.5) is 0 Å². The van der Waals surface area contributed by atoms with E-state index in [-0.39, 0.29) is 0 Å². The lowest BCUT2D eigenvalue weighted by atomic mass is 10.0. The van der Waals surface area contributed by atoms with E-state index in [1.807, 2.05) is 0 Å². The Bertz CT molecular complexity index is 443. The maximum absolute atomic E-state index is 11.3. The topological polar surface area (TPSA) is 80.7 Å². The highest BCUT2D eigenvalue weighted by Gasteiger charge is 2.06. The first-order chi connectivity index (χ1) is 14.0. The maximum atomic E-state index is 11.3. The molecule has 0 amide bonds. The van der Waals surface area contributed by atoms with Crippen LogP contribution in [0.2, 0.25) is 0 Å². The van der Waals surface area contributed by atoms with Crippen LogP contribution in [0.3, 0.4) is 0 Å². The van der Waals surface area contributed by atoms with Gasteiger partial charge in [-0.25, -0.2) is 9.59 Å². The van der Waals surface area contributed by atoms with Crippen LogP contribution < -0.4 is 0 Å². The van der Waals surface area contributed by atoms with Crippen LogP contribution in [-0.2, 0) is 19.1 Å². The predicted molar refractivity (Wildman–Crippen MR) is 119 cm³/mol. The van der Waals surface area contributed by atoms with Crippen molar-refractivity contribution >= 4 is 17.9 Å². The number of carboxylic acids is 1. The second kappa shape index (κ2) is 24.1. The summed E-state index contributed by atoms with van der Waals surface area (Å²) in [4.78, 5) is 31.3. The fourth-order valence-electron chi connectivity index (χ4n) is 2.85. The van der Waals surface area contributed by atoms with Gasteiger partial charge in [0.05, 0.1) is 0 Å². The summed E-state index contributed by atoms with van der Waals surface area (Å²) in [5, 5.41) is 7.60. The third-order valence-corrected chi connectivity index (χ3v) is 4.54. The largest absolute Gasteiger partial charge is 0.478 e. The average Bonchev–Trinajstić information content (AvgIpc) is 2.71. The van der Waals surface area contributed by atoms with E-state index < -0.39 is 17.9 Å². The lowest BCUT2D eigenvalue weighted by Gasteiger charge is -2.03. The Kier molecular flexibility index (Phi) is 24.4. The van der Waals surface area contributed by atoms with Gasteiger partial charge in [0, 0.05) is 18.6 Å². The van der Waals surface area contributed by atoms with Crippen LogP contribution >= 0.6 is 0 Å². The number of aliphatic carboxylic acids is 1. The zero-order valence-corrected chi connectivity index (χ0v) is 18.5. The third kappa shape index (κ3) is 28.4. The number of carboxylic acid groups (broad SMARTS) is 1. The molecule has 0 heterocycles. The highest BCUT2D eigenvalue weighted by atomic mass is 16.6. The monoisotopic (exact) mass is 410 g/mol. The van der Waals surface area contributed by atoms with Crippen LogP contribution in [-0.4, -0.2) is 23.0 Å². The fourth-order valence-corrected chi connectivity index (χ4v) is 2.85. The van der Waals surface area contributed by atoms with E-state index >= 15 is 0 Å². The molecule has 0 aliphatic heterocycles. The number of unbranched alkanes of at least 4 members (excludes halogenated alkanes) is 14. The molecule has 0 spiro atoms. The first kappa shape index (κ1) is 29.3. The summed E-state index contributed by atoms with van der Waals surface area (Å²) in [5.41, 5.74) is 0. The Morgan fingerprint density at radius 2 is 1.03 bits per heavy atom. The van der Waals surface area contributed by atoms with Crippen molar-refractivity contribution in [1.29, 1.82) is 0 Å². The molecule has 0 aliphatic rings. The van der Waals surface area contributed by atoms with Gasteiger partial charge in [-0.2, -0.15) is 0 Å². The number of carbonyl (C=O) groups excluding carboxylic acids is 2. The molecule has 0 aromatic heterocycles. The summed E-state index contributed by atoms with van der Waals surface area (Å²) in [6.07, 6.45) is 21.6. The Hall–Kier alpha value is -1.91. The van der Waals surface area contributed by atoms with Gasteiger partial charge in [0.25, 0.3) is 0 Å². The first-order valence-corrected chi connectivity index (χ1v) is 11.2. The summed E-state index contributed by atoms with van der Waals surface area (Å²) >= 11 is 0. The van der Waals surface area contributed by atoms with Gasteiger partial charge in [0.15, 0.2) is 0 Å². The molecule has 0 radical (unpaired) electrons. The Labute approximate surface area is 177 Å². The van der Waals surface area contributed by atoms with E-state index in [4.69, 9.17) is 5.11 Å². The number of hydrogen-bond acceptors (Lipinski definition) is 4. The Morgan fingerprint density at radius 1 is 0.690 bits per heavy atom. The molecule has 0 atom stereocenters. The van der Waals surface area contributed by atoms with Crippen LogP contribution in [0, 0.1) is 0 Å². The highest BCUT2D eigenvalue weighted by Crippen LogP contribution is 2.13. The van der Waals surface area contributed by atoms with E-state index in [2.05, 4.69) is 24.8 Å². The molecular formula is C24H42O5. The van der Waals surface area contributed by atoms with Crippen LogP contribution in [0.5, 0.6) is 0 Å². The van der Waals surface area contributed by atoms with E-state index in [9.17, 15) is 14.4 Å². The van der Waals surface area contributed by atoms with Crippen molar-refractivity contribution in [3.8, 4) is 0 Å². The molecule has 29 heavy (non-hydrogen) atoms. The lowest BCUT2D eigenvalue weighted by molar-refractivity contribution is -0.156. The number of esters is 2. The van der Waals surface area contributed by atoms with Gasteiger partial charge in [0.2, 0.25) is 0 Å². The summed E-state index contributed by atoms with van der Waals surface area (Å²) < 4.78 is 4.52. The standard InChI is InChI=1S/C21H38O3.C3H4O2/c1-3-5-6-7-8-9-10-11-12-13-14-15-16-17-18-19-21(23)24-20(22)4-2;1-2-3(4)5/h4H,2-3,5-19H2,1H3;2H,1H2,(H,4,5). The zero-order valence-electron chi connectivity index (χ0n) is 18.5. The average molecular weight is 411 g/mol. The highest BCUT2D eigenvalue weighted by molar-refractivity contribution is 5.91. The van der Waals surface area contributed by atoms with Gasteiger partial charge >= 0.3 is 17.9 Å². The molecule has 0 unspecified atom stereocenters. The smallest absolute Gasteiger partial charge is 0.337 e. The van der Waals surface area contributed by atoms with Gasteiger partial charge in [-0.15, -0.1) is 0 Å². The minimum Gasteiger partial charge on any atom is -0.478 e. The van der Waals surface area contributed by atoms with Crippen molar-refractivity contribution in [1.82, 2.24) is 0 Å². The van der Waals surface area contributed by atoms with Gasteiger partial charge in [-0.05, 0) is 6.42 Å². The summed E-state index contributed by atoms with van der Waals surface area (Å²) in [7, 11) is 0. The predicted octanol–water partition coefficient (Wildman–Crippen LogP) is 6.76. The second-order valence-corrected chi connectivity index (χ2v) is 7.24. The zero-order chi connectivity index (χ0) is 22.2. The summed E-state index contributed by atoms with van der Waals surface area (Å²) in [6.45, 7) is 8.49. The van der Waals surface area contributed by atoms with Crippen molar-refractivity contribution in [3.63, 3.8) is 0 Å². The Balaban J connectivity index is 0. The molecule has 0 saturated carbocycles. The Morgan fingerprint density at radius 3 is 1.34 bits per heavy atom. The van der Waals surface area contributed by atoms with Crippen LogP contribution in [0.25, 0.3) is 0 Å². The van der Waals surface area contributed by atoms with E-state index in [1.54, 1.807) is 0 Å². The molecule has 0 aliphatic carbocycles. The van der Waals surface area contributed by atoms with Crippen molar-refractivity contribution < 1.29 is 24.2 Å².